The predicted octanol–water partition coefficient (Wildman–Crippen LogP) is 1.43. The summed E-state index contributed by atoms with van der Waals surface area (Å²) in [5, 5.41) is 0. The normalized spacial score (nSPS) is 24.6. The molecule has 94 valence electrons. The van der Waals surface area contributed by atoms with E-state index in [1.807, 2.05) is 0 Å². The minimum atomic E-state index is -0.604. The fraction of sp³-hybridized carbons (Fsp3) is 0.462. The number of benzene rings is 1. The zero-order chi connectivity index (χ0) is 12.3. The van der Waals surface area contributed by atoms with Crippen LogP contribution in [0.2, 0.25) is 0 Å². The Bertz CT molecular complexity index is 363. The third-order valence-corrected chi connectivity index (χ3v) is 3.04. The van der Waals surface area contributed by atoms with Crippen LogP contribution in [0.15, 0.2) is 18.2 Å². The average molecular weight is 241 g/mol. The van der Waals surface area contributed by atoms with Gasteiger partial charge in [0.05, 0.1) is 19.7 Å². The number of piperidine rings is 1. The summed E-state index contributed by atoms with van der Waals surface area (Å²) in [6.45, 7) is 2.55. The molecule has 1 heterocycles. The van der Waals surface area contributed by atoms with Crippen molar-refractivity contribution in [3.8, 4) is 5.75 Å². The lowest BCUT2D eigenvalue weighted by Gasteiger charge is -2.31. The molecule has 2 rings (SSSR count). The van der Waals surface area contributed by atoms with Gasteiger partial charge in [-0.15, -0.1) is 0 Å². The van der Waals surface area contributed by atoms with E-state index in [0.29, 0.717) is 12.5 Å². The molecule has 0 saturated carbocycles. The van der Waals surface area contributed by atoms with E-state index in [9.17, 15) is 8.78 Å². The predicted molar refractivity (Wildman–Crippen MR) is 60.6 cm³/mol. The van der Waals surface area contributed by atoms with Gasteiger partial charge in [0.1, 0.15) is 17.4 Å². The number of hydrogen-bond acceptors (Lipinski definition) is 1. The molecule has 1 N–H and O–H groups in total. The zero-order valence-corrected chi connectivity index (χ0v) is 9.72. The van der Waals surface area contributed by atoms with E-state index in [1.165, 1.54) is 17.0 Å². The lowest BCUT2D eigenvalue weighted by Crippen LogP contribution is -3.08. The van der Waals surface area contributed by atoms with E-state index in [1.54, 1.807) is 0 Å². The molecule has 0 aromatic heterocycles. The number of quaternary nitrogens is 1. The SMILES string of the molecule is [CH2-][NH+]1CCCC(COc2cc(F)cc(F)c2)C1. The molecule has 2 unspecified atom stereocenters. The minimum absolute atomic E-state index is 0.263. The van der Waals surface area contributed by atoms with Crippen molar-refractivity contribution in [1.82, 2.24) is 0 Å². The number of rotatable bonds is 3. The van der Waals surface area contributed by atoms with Crippen molar-refractivity contribution in [2.75, 3.05) is 19.7 Å². The van der Waals surface area contributed by atoms with E-state index in [-0.39, 0.29) is 5.75 Å². The summed E-state index contributed by atoms with van der Waals surface area (Å²) in [5.74, 6) is -0.526. The maximum atomic E-state index is 12.9. The molecule has 0 amide bonds. The summed E-state index contributed by atoms with van der Waals surface area (Å²) in [6, 6.07) is 3.26. The number of hydrogen-bond donors (Lipinski definition) is 1. The molecule has 0 radical (unpaired) electrons. The van der Waals surface area contributed by atoms with Gasteiger partial charge in [0, 0.05) is 24.1 Å². The van der Waals surface area contributed by atoms with Gasteiger partial charge in [-0.05, 0) is 12.8 Å². The molecule has 1 fully saturated rings. The molecule has 2 atom stereocenters. The Morgan fingerprint density at radius 1 is 1.29 bits per heavy atom. The van der Waals surface area contributed by atoms with E-state index >= 15 is 0 Å². The largest absolute Gasteiger partial charge is 0.493 e. The van der Waals surface area contributed by atoms with Gasteiger partial charge >= 0.3 is 0 Å². The number of nitrogens with one attached hydrogen (secondary N) is 1. The van der Waals surface area contributed by atoms with Gasteiger partial charge in [-0.25, -0.2) is 8.78 Å². The molecule has 2 nitrogen and oxygen atoms in total. The first-order valence-corrected chi connectivity index (χ1v) is 5.89. The van der Waals surface area contributed by atoms with Crippen LogP contribution in [0.3, 0.4) is 0 Å². The van der Waals surface area contributed by atoms with Gasteiger partial charge in [-0.2, -0.15) is 7.05 Å². The summed E-state index contributed by atoms with van der Waals surface area (Å²) in [4.78, 5) is 1.25. The van der Waals surface area contributed by atoms with Crippen molar-refractivity contribution in [2.45, 2.75) is 12.8 Å². The van der Waals surface area contributed by atoms with Crippen molar-refractivity contribution in [1.29, 1.82) is 0 Å². The molecular weight excluding hydrogens is 224 g/mol. The Morgan fingerprint density at radius 2 is 2.00 bits per heavy atom. The van der Waals surface area contributed by atoms with Crippen molar-refractivity contribution in [3.05, 3.63) is 36.9 Å². The van der Waals surface area contributed by atoms with Crippen LogP contribution in [0.1, 0.15) is 12.8 Å². The molecule has 1 aromatic rings. The minimum Gasteiger partial charge on any atom is -0.493 e. The highest BCUT2D eigenvalue weighted by molar-refractivity contribution is 5.23. The molecule has 4 heteroatoms. The van der Waals surface area contributed by atoms with Crippen LogP contribution in [0.25, 0.3) is 0 Å². The average Bonchev–Trinajstić information content (AvgIpc) is 2.25. The van der Waals surface area contributed by atoms with Crippen LogP contribution < -0.4 is 9.64 Å². The Labute approximate surface area is 100 Å². The maximum absolute atomic E-state index is 12.9. The topological polar surface area (TPSA) is 13.7 Å². The van der Waals surface area contributed by atoms with Gasteiger partial charge in [0.2, 0.25) is 0 Å². The summed E-state index contributed by atoms with van der Waals surface area (Å²) >= 11 is 0. The van der Waals surface area contributed by atoms with E-state index in [4.69, 9.17) is 4.74 Å². The molecule has 1 aliphatic heterocycles. The Balaban J connectivity index is 1.88. The second-order valence-electron chi connectivity index (χ2n) is 4.63. The highest BCUT2D eigenvalue weighted by atomic mass is 19.1. The highest BCUT2D eigenvalue weighted by Gasteiger charge is 2.18. The highest BCUT2D eigenvalue weighted by Crippen LogP contribution is 2.17. The van der Waals surface area contributed by atoms with Crippen LogP contribution in [0.5, 0.6) is 5.75 Å². The first kappa shape index (κ1) is 12.3. The Morgan fingerprint density at radius 3 is 2.65 bits per heavy atom. The van der Waals surface area contributed by atoms with Gasteiger partial charge < -0.3 is 9.64 Å². The second-order valence-corrected chi connectivity index (χ2v) is 4.63. The monoisotopic (exact) mass is 241 g/mol. The fourth-order valence-corrected chi connectivity index (χ4v) is 2.22. The van der Waals surface area contributed by atoms with Crippen LogP contribution >= 0.6 is 0 Å². The van der Waals surface area contributed by atoms with E-state index in [2.05, 4.69) is 7.05 Å². The molecular formula is C13H17F2NO. The van der Waals surface area contributed by atoms with E-state index < -0.39 is 11.6 Å². The van der Waals surface area contributed by atoms with Crippen molar-refractivity contribution in [2.24, 2.45) is 5.92 Å². The second kappa shape index (κ2) is 5.45. The van der Waals surface area contributed by atoms with Gasteiger partial charge in [-0.1, -0.05) is 0 Å². The zero-order valence-electron chi connectivity index (χ0n) is 9.72. The number of halogens is 2. The van der Waals surface area contributed by atoms with Crippen LogP contribution in [0, 0.1) is 24.6 Å². The van der Waals surface area contributed by atoms with Crippen LogP contribution in [-0.2, 0) is 0 Å². The van der Waals surface area contributed by atoms with Crippen molar-refractivity contribution >= 4 is 0 Å². The standard InChI is InChI=1S/C13H17F2NO/c1-16-4-2-3-10(8-16)9-17-13-6-11(14)5-12(15)7-13/h5-7,10,16H,1-4,8-9H2. The maximum Gasteiger partial charge on any atom is 0.129 e. The van der Waals surface area contributed by atoms with Gasteiger partial charge in [0.15, 0.2) is 0 Å². The summed E-state index contributed by atoms with van der Waals surface area (Å²) in [6.07, 6.45) is 2.22. The van der Waals surface area contributed by atoms with Crippen molar-refractivity contribution < 1.29 is 18.4 Å². The first-order valence-electron chi connectivity index (χ1n) is 5.89. The molecule has 1 saturated heterocycles. The lowest BCUT2D eigenvalue weighted by atomic mass is 10.00. The third-order valence-electron chi connectivity index (χ3n) is 3.04. The van der Waals surface area contributed by atoms with Gasteiger partial charge in [0.25, 0.3) is 0 Å². The molecule has 0 spiro atoms. The molecule has 17 heavy (non-hydrogen) atoms. The smallest absolute Gasteiger partial charge is 0.129 e. The summed E-state index contributed by atoms with van der Waals surface area (Å²) < 4.78 is 31.3. The van der Waals surface area contributed by atoms with Gasteiger partial charge in [-0.3, -0.25) is 0 Å². The molecule has 1 aliphatic rings. The van der Waals surface area contributed by atoms with E-state index in [0.717, 1.165) is 32.0 Å². The lowest BCUT2D eigenvalue weighted by molar-refractivity contribution is -0.863. The Kier molecular flexibility index (Phi) is 3.94. The fourth-order valence-electron chi connectivity index (χ4n) is 2.22. The van der Waals surface area contributed by atoms with Crippen molar-refractivity contribution in [3.63, 3.8) is 0 Å². The Hall–Kier alpha value is -1.16. The summed E-state index contributed by atoms with van der Waals surface area (Å²) in [5.41, 5.74) is 0. The molecule has 0 aliphatic carbocycles. The van der Waals surface area contributed by atoms with Crippen LogP contribution in [0.4, 0.5) is 8.78 Å². The number of likely N-dealkylation sites (tertiary alicyclic amines) is 1. The molecule has 1 aromatic carbocycles. The quantitative estimate of drug-likeness (QED) is 0.790. The third kappa shape index (κ3) is 3.66. The first-order chi connectivity index (χ1) is 8.13. The molecule has 0 bridgehead atoms. The number of ether oxygens (including phenoxy) is 1. The summed E-state index contributed by atoms with van der Waals surface area (Å²) in [7, 11) is 3.97. The van der Waals surface area contributed by atoms with Crippen LogP contribution in [-0.4, -0.2) is 19.7 Å².